The molecule has 0 fully saturated rings. The van der Waals surface area contributed by atoms with Gasteiger partial charge in [0, 0.05) is 11.8 Å². The van der Waals surface area contributed by atoms with Gasteiger partial charge in [-0.2, -0.15) is 0 Å². The van der Waals surface area contributed by atoms with Gasteiger partial charge in [0.15, 0.2) is 0 Å². The number of hydrogen-bond acceptors (Lipinski definition) is 2. The molecule has 5 heteroatoms. The van der Waals surface area contributed by atoms with Crippen LogP contribution in [0.25, 0.3) is 0 Å². The third kappa shape index (κ3) is 6.56. The minimum atomic E-state index is -0.607. The zero-order valence-corrected chi connectivity index (χ0v) is 4.66. The molecule has 0 aliphatic rings. The van der Waals surface area contributed by atoms with Crippen molar-refractivity contribution in [3.05, 3.63) is 0 Å². The van der Waals surface area contributed by atoms with Crippen molar-refractivity contribution in [3.8, 4) is 0 Å². The molecule has 0 rings (SSSR count). The summed E-state index contributed by atoms with van der Waals surface area (Å²) in [5.41, 5.74) is 0. The van der Waals surface area contributed by atoms with Crippen molar-refractivity contribution >= 4 is 47.4 Å². The van der Waals surface area contributed by atoms with Crippen molar-refractivity contribution in [1.82, 2.24) is 4.84 Å². The number of ether oxygens (including phenoxy) is 1. The topological polar surface area (TPSA) is 38.3 Å². The first-order valence-electron chi connectivity index (χ1n) is 1.84. The zero-order chi connectivity index (χ0) is 5.70. The summed E-state index contributed by atoms with van der Waals surface area (Å²) in [7, 11) is 0. The molecule has 8 heavy (non-hydrogen) atoms. The standard InChI is InChI=1S/C3H6ClNO2.Na.H/c1-2-7-3(6)5-4;;/h2H2,1H3,(H,5,6);;. The first kappa shape index (κ1) is 11.4. The van der Waals surface area contributed by atoms with Crippen molar-refractivity contribution in [2.24, 2.45) is 0 Å². The van der Waals surface area contributed by atoms with Crippen LogP contribution in [-0.4, -0.2) is 42.3 Å². The van der Waals surface area contributed by atoms with E-state index in [9.17, 15) is 4.79 Å². The molecule has 44 valence electrons. The first-order chi connectivity index (χ1) is 3.31. The summed E-state index contributed by atoms with van der Waals surface area (Å²) in [6.07, 6.45) is -0.607. The van der Waals surface area contributed by atoms with Gasteiger partial charge in [0.05, 0.1) is 6.61 Å². The van der Waals surface area contributed by atoms with E-state index in [1.807, 2.05) is 0 Å². The van der Waals surface area contributed by atoms with Crippen molar-refractivity contribution in [2.75, 3.05) is 6.61 Å². The summed E-state index contributed by atoms with van der Waals surface area (Å²) in [5.74, 6) is 0. The van der Waals surface area contributed by atoms with E-state index in [0.29, 0.717) is 6.61 Å². The molecule has 0 bridgehead atoms. The predicted molar refractivity (Wildman–Crippen MR) is 33.2 cm³/mol. The summed E-state index contributed by atoms with van der Waals surface area (Å²) in [5, 5.41) is 0. The van der Waals surface area contributed by atoms with Crippen LogP contribution in [-0.2, 0) is 4.74 Å². The molecule has 1 amide bonds. The van der Waals surface area contributed by atoms with Gasteiger partial charge in [0.1, 0.15) is 0 Å². The van der Waals surface area contributed by atoms with Gasteiger partial charge in [-0.05, 0) is 6.92 Å². The van der Waals surface area contributed by atoms with E-state index in [0.717, 1.165) is 0 Å². The van der Waals surface area contributed by atoms with Gasteiger partial charge >= 0.3 is 35.7 Å². The molecule has 0 atom stereocenters. The molecule has 0 aliphatic carbocycles. The number of hydrogen-bond donors (Lipinski definition) is 1. The first-order valence-corrected chi connectivity index (χ1v) is 2.22. The zero-order valence-electron chi connectivity index (χ0n) is 3.90. The Bertz CT molecular complexity index is 70.3. The summed E-state index contributed by atoms with van der Waals surface area (Å²) in [6, 6.07) is 0. The SMILES string of the molecule is CCOC(=O)NCl.[NaH]. The molecule has 0 aromatic rings. The fourth-order valence-electron chi connectivity index (χ4n) is 0.158. The van der Waals surface area contributed by atoms with Gasteiger partial charge in [0.25, 0.3) is 0 Å². The molecule has 0 saturated heterocycles. The average molecular weight is 148 g/mol. The molecular weight excluding hydrogens is 140 g/mol. The average Bonchev–Trinajstić information content (AvgIpc) is 1.68. The molecule has 1 N–H and O–H groups in total. The normalized spacial score (nSPS) is 6.75. The second-order valence-electron chi connectivity index (χ2n) is 0.815. The fourth-order valence-corrected chi connectivity index (χ4v) is 0.213. The van der Waals surface area contributed by atoms with E-state index in [2.05, 4.69) is 4.74 Å². The van der Waals surface area contributed by atoms with Gasteiger partial charge in [-0.3, -0.25) is 0 Å². The maximum absolute atomic E-state index is 9.95. The van der Waals surface area contributed by atoms with Gasteiger partial charge in [-0.15, -0.1) is 0 Å². The summed E-state index contributed by atoms with van der Waals surface area (Å²) in [6.45, 7) is 2.05. The fraction of sp³-hybridized carbons (Fsp3) is 0.667. The molecular formula is C3H7ClNNaO2. The number of halogens is 1. The third-order valence-corrected chi connectivity index (χ3v) is 0.507. The molecule has 0 spiro atoms. The molecule has 0 heterocycles. The Balaban J connectivity index is 0. The van der Waals surface area contributed by atoms with Crippen LogP contribution in [0.5, 0.6) is 0 Å². The molecule has 0 radical (unpaired) electrons. The Hall–Kier alpha value is 0.560. The van der Waals surface area contributed by atoms with Crippen molar-refractivity contribution in [1.29, 1.82) is 0 Å². The Morgan fingerprint density at radius 1 is 1.88 bits per heavy atom. The predicted octanol–water partition coefficient (Wildman–Crippen LogP) is 0.238. The molecule has 3 nitrogen and oxygen atoms in total. The van der Waals surface area contributed by atoms with Gasteiger partial charge in [-0.25, -0.2) is 9.63 Å². The second kappa shape index (κ2) is 7.56. The summed E-state index contributed by atoms with van der Waals surface area (Å²) in [4.78, 5) is 11.7. The van der Waals surface area contributed by atoms with E-state index < -0.39 is 6.09 Å². The van der Waals surface area contributed by atoms with Crippen LogP contribution in [0.15, 0.2) is 0 Å². The van der Waals surface area contributed by atoms with Crippen molar-refractivity contribution < 1.29 is 9.53 Å². The van der Waals surface area contributed by atoms with Crippen LogP contribution < -0.4 is 4.84 Å². The Morgan fingerprint density at radius 2 is 2.38 bits per heavy atom. The third-order valence-electron chi connectivity index (χ3n) is 0.353. The number of carbonyl (C=O) groups excluding carboxylic acids is 1. The Labute approximate surface area is 75.1 Å². The van der Waals surface area contributed by atoms with Crippen LogP contribution in [0.1, 0.15) is 6.92 Å². The second-order valence-corrected chi connectivity index (χ2v) is 1.00. The number of carbonyl (C=O) groups is 1. The summed E-state index contributed by atoms with van der Waals surface area (Å²) >= 11 is 4.81. The van der Waals surface area contributed by atoms with Crippen LogP contribution in [0, 0.1) is 0 Å². The quantitative estimate of drug-likeness (QED) is 0.426. The van der Waals surface area contributed by atoms with Crippen LogP contribution >= 0.6 is 11.8 Å². The molecule has 0 aliphatic heterocycles. The summed E-state index contributed by atoms with van der Waals surface area (Å²) < 4.78 is 4.31. The van der Waals surface area contributed by atoms with Crippen LogP contribution in [0.4, 0.5) is 4.79 Å². The number of amides is 1. The van der Waals surface area contributed by atoms with Crippen molar-refractivity contribution in [3.63, 3.8) is 0 Å². The van der Waals surface area contributed by atoms with E-state index in [1.165, 1.54) is 0 Å². The van der Waals surface area contributed by atoms with Gasteiger partial charge in [0.2, 0.25) is 0 Å². The minimum absolute atomic E-state index is 0. The Morgan fingerprint density at radius 3 is 2.50 bits per heavy atom. The molecule has 0 aromatic heterocycles. The van der Waals surface area contributed by atoms with E-state index in [-0.39, 0.29) is 29.6 Å². The van der Waals surface area contributed by atoms with E-state index >= 15 is 0 Å². The number of nitrogens with one attached hydrogen (secondary N) is 1. The monoisotopic (exact) mass is 147 g/mol. The van der Waals surface area contributed by atoms with Gasteiger partial charge < -0.3 is 4.74 Å². The maximum atomic E-state index is 9.95. The van der Waals surface area contributed by atoms with E-state index in [1.54, 1.807) is 11.8 Å². The van der Waals surface area contributed by atoms with E-state index in [4.69, 9.17) is 11.8 Å². The Kier molecular flexibility index (Phi) is 10.7. The van der Waals surface area contributed by atoms with Crippen LogP contribution in [0.2, 0.25) is 0 Å². The van der Waals surface area contributed by atoms with Crippen LogP contribution in [0.3, 0.4) is 0 Å². The number of rotatable bonds is 1. The van der Waals surface area contributed by atoms with Crippen molar-refractivity contribution in [2.45, 2.75) is 6.92 Å². The molecule has 0 saturated carbocycles. The molecule has 0 unspecified atom stereocenters. The molecule has 0 aromatic carbocycles. The van der Waals surface area contributed by atoms with Gasteiger partial charge in [-0.1, -0.05) is 0 Å².